The summed E-state index contributed by atoms with van der Waals surface area (Å²) < 4.78 is 13.0. The summed E-state index contributed by atoms with van der Waals surface area (Å²) in [6.45, 7) is 2.29. The zero-order chi connectivity index (χ0) is 14.4. The maximum absolute atomic E-state index is 13.0. The van der Waals surface area contributed by atoms with Crippen LogP contribution in [0.15, 0.2) is 24.3 Å². The van der Waals surface area contributed by atoms with Gasteiger partial charge >= 0.3 is 0 Å². The second-order valence-corrected chi connectivity index (χ2v) is 8.17. The van der Waals surface area contributed by atoms with Gasteiger partial charge in [0.15, 0.2) is 0 Å². The monoisotopic (exact) mass is 287 g/mol. The smallest absolute Gasteiger partial charge is 0.123 e. The Morgan fingerprint density at radius 1 is 1.05 bits per heavy atom. The van der Waals surface area contributed by atoms with Crippen LogP contribution in [0.4, 0.5) is 10.1 Å². The minimum atomic E-state index is -0.158. The number of hydrogen-bond acceptors (Lipinski definition) is 1. The summed E-state index contributed by atoms with van der Waals surface area (Å²) in [6.07, 6.45) is 10.2. The SMILES string of the molecule is CC(CC12CC3CC(CC(C3)C1)C2)Nc1ccc(F)cc1. The lowest BCUT2D eigenvalue weighted by Crippen LogP contribution is -2.47. The fourth-order valence-corrected chi connectivity index (χ4v) is 6.07. The van der Waals surface area contributed by atoms with E-state index >= 15 is 0 Å². The van der Waals surface area contributed by atoms with Crippen molar-refractivity contribution in [3.05, 3.63) is 30.1 Å². The van der Waals surface area contributed by atoms with Crippen LogP contribution in [0.5, 0.6) is 0 Å². The van der Waals surface area contributed by atoms with Crippen molar-refractivity contribution in [1.29, 1.82) is 0 Å². The first-order valence-corrected chi connectivity index (χ1v) is 8.62. The van der Waals surface area contributed by atoms with E-state index in [-0.39, 0.29) is 5.82 Å². The van der Waals surface area contributed by atoms with Gasteiger partial charge in [0.25, 0.3) is 0 Å². The summed E-state index contributed by atoms with van der Waals surface area (Å²) in [4.78, 5) is 0. The molecular formula is C19H26FN. The summed E-state index contributed by atoms with van der Waals surface area (Å²) in [5, 5.41) is 3.58. The lowest BCUT2D eigenvalue weighted by atomic mass is 9.48. The molecule has 0 aliphatic heterocycles. The Bertz CT molecular complexity index is 472. The maximum Gasteiger partial charge on any atom is 0.123 e. The van der Waals surface area contributed by atoms with Gasteiger partial charge in [0.1, 0.15) is 5.82 Å². The van der Waals surface area contributed by atoms with Gasteiger partial charge in [-0.25, -0.2) is 4.39 Å². The van der Waals surface area contributed by atoms with Gasteiger partial charge in [-0.05, 0) is 99.3 Å². The Balaban J connectivity index is 1.42. The molecule has 4 bridgehead atoms. The van der Waals surface area contributed by atoms with Gasteiger partial charge in [-0.1, -0.05) is 0 Å². The van der Waals surface area contributed by atoms with E-state index in [9.17, 15) is 4.39 Å². The van der Waals surface area contributed by atoms with Crippen molar-refractivity contribution >= 4 is 5.69 Å². The molecule has 0 aromatic heterocycles. The van der Waals surface area contributed by atoms with Gasteiger partial charge in [-0.3, -0.25) is 0 Å². The van der Waals surface area contributed by atoms with E-state index in [1.54, 1.807) is 12.1 Å². The average Bonchev–Trinajstić information content (AvgIpc) is 2.39. The summed E-state index contributed by atoms with van der Waals surface area (Å²) in [6, 6.07) is 7.27. The van der Waals surface area contributed by atoms with E-state index in [1.165, 1.54) is 44.9 Å². The van der Waals surface area contributed by atoms with Crippen molar-refractivity contribution in [2.45, 2.75) is 57.9 Å². The Labute approximate surface area is 127 Å². The fourth-order valence-electron chi connectivity index (χ4n) is 6.07. The standard InChI is InChI=1S/C19H26FN/c1-13(21-18-4-2-17(20)3-5-18)9-19-10-14-6-15(11-19)8-16(7-14)12-19/h2-5,13-16,21H,6-12H2,1H3. The van der Waals surface area contributed by atoms with Crippen molar-refractivity contribution in [1.82, 2.24) is 0 Å². The highest BCUT2D eigenvalue weighted by Crippen LogP contribution is 2.61. The van der Waals surface area contributed by atoms with E-state index in [2.05, 4.69) is 12.2 Å². The summed E-state index contributed by atoms with van der Waals surface area (Å²) >= 11 is 0. The molecule has 0 amide bonds. The molecule has 4 saturated carbocycles. The van der Waals surface area contributed by atoms with Gasteiger partial charge in [-0.15, -0.1) is 0 Å². The molecule has 0 saturated heterocycles. The molecule has 1 N–H and O–H groups in total. The first-order valence-electron chi connectivity index (χ1n) is 8.62. The first kappa shape index (κ1) is 13.6. The van der Waals surface area contributed by atoms with Gasteiger partial charge in [0.05, 0.1) is 0 Å². The van der Waals surface area contributed by atoms with Crippen LogP contribution in [0.2, 0.25) is 0 Å². The van der Waals surface area contributed by atoms with Crippen molar-refractivity contribution < 1.29 is 4.39 Å². The van der Waals surface area contributed by atoms with Crippen LogP contribution in [-0.4, -0.2) is 6.04 Å². The zero-order valence-corrected chi connectivity index (χ0v) is 12.9. The summed E-state index contributed by atoms with van der Waals surface area (Å²) in [5.74, 6) is 2.91. The molecule has 1 aromatic carbocycles. The Kier molecular flexibility index (Phi) is 3.24. The average molecular weight is 287 g/mol. The van der Waals surface area contributed by atoms with Gasteiger partial charge in [0.2, 0.25) is 0 Å². The normalized spacial score (nSPS) is 38.5. The minimum Gasteiger partial charge on any atom is -0.383 e. The highest BCUT2D eigenvalue weighted by molar-refractivity contribution is 5.43. The molecule has 4 aliphatic carbocycles. The molecule has 1 nitrogen and oxygen atoms in total. The molecule has 1 unspecified atom stereocenters. The van der Waals surface area contributed by atoms with Crippen LogP contribution in [-0.2, 0) is 0 Å². The highest BCUT2D eigenvalue weighted by atomic mass is 19.1. The van der Waals surface area contributed by atoms with Crippen molar-refractivity contribution in [3.8, 4) is 0 Å². The molecule has 0 radical (unpaired) electrons. The predicted octanol–water partition coefficient (Wildman–Crippen LogP) is 5.23. The van der Waals surface area contributed by atoms with Crippen LogP contribution in [0.3, 0.4) is 0 Å². The van der Waals surface area contributed by atoms with Gasteiger partial charge in [-0.2, -0.15) is 0 Å². The molecular weight excluding hydrogens is 261 g/mol. The fraction of sp³-hybridized carbons (Fsp3) is 0.684. The largest absolute Gasteiger partial charge is 0.383 e. The van der Waals surface area contributed by atoms with Gasteiger partial charge < -0.3 is 5.32 Å². The molecule has 1 atom stereocenters. The molecule has 1 aromatic rings. The number of benzene rings is 1. The van der Waals surface area contributed by atoms with E-state index in [0.717, 1.165) is 23.4 Å². The Hall–Kier alpha value is -1.05. The third-order valence-electron chi connectivity index (χ3n) is 6.16. The molecule has 0 heterocycles. The van der Waals surface area contributed by atoms with Crippen molar-refractivity contribution in [2.75, 3.05) is 5.32 Å². The number of rotatable bonds is 4. The third kappa shape index (κ3) is 2.69. The molecule has 5 rings (SSSR count). The number of nitrogens with one attached hydrogen (secondary N) is 1. The highest BCUT2D eigenvalue weighted by Gasteiger charge is 2.50. The van der Waals surface area contributed by atoms with Gasteiger partial charge in [0, 0.05) is 11.7 Å². The number of hydrogen-bond donors (Lipinski definition) is 1. The quantitative estimate of drug-likeness (QED) is 0.799. The van der Waals surface area contributed by atoms with Crippen LogP contribution < -0.4 is 5.32 Å². The second-order valence-electron chi connectivity index (χ2n) is 8.17. The summed E-state index contributed by atoms with van der Waals surface area (Å²) in [5.41, 5.74) is 1.66. The summed E-state index contributed by atoms with van der Waals surface area (Å²) in [7, 11) is 0. The topological polar surface area (TPSA) is 12.0 Å². The predicted molar refractivity (Wildman–Crippen MR) is 84.7 cm³/mol. The van der Waals surface area contributed by atoms with Crippen LogP contribution in [0.25, 0.3) is 0 Å². The molecule has 21 heavy (non-hydrogen) atoms. The maximum atomic E-state index is 13.0. The molecule has 4 aliphatic rings. The molecule has 0 spiro atoms. The molecule has 114 valence electrons. The Morgan fingerprint density at radius 3 is 2.10 bits per heavy atom. The number of halogens is 1. The second kappa shape index (κ2) is 5.00. The van der Waals surface area contributed by atoms with Crippen LogP contribution in [0, 0.1) is 29.0 Å². The van der Waals surface area contributed by atoms with Crippen molar-refractivity contribution in [2.24, 2.45) is 23.2 Å². The van der Waals surface area contributed by atoms with E-state index in [0.29, 0.717) is 11.5 Å². The Morgan fingerprint density at radius 2 is 1.57 bits per heavy atom. The van der Waals surface area contributed by atoms with Crippen LogP contribution in [0.1, 0.15) is 51.9 Å². The molecule has 4 fully saturated rings. The lowest BCUT2D eigenvalue weighted by Gasteiger charge is -2.57. The first-order chi connectivity index (χ1) is 10.1. The van der Waals surface area contributed by atoms with E-state index in [4.69, 9.17) is 0 Å². The van der Waals surface area contributed by atoms with E-state index in [1.807, 2.05) is 12.1 Å². The van der Waals surface area contributed by atoms with E-state index < -0.39 is 0 Å². The lowest BCUT2D eigenvalue weighted by molar-refractivity contribution is -0.0587. The number of anilines is 1. The zero-order valence-electron chi connectivity index (χ0n) is 12.9. The van der Waals surface area contributed by atoms with Crippen LogP contribution >= 0.6 is 0 Å². The minimum absolute atomic E-state index is 0.158. The van der Waals surface area contributed by atoms with Crippen molar-refractivity contribution in [3.63, 3.8) is 0 Å². The third-order valence-corrected chi connectivity index (χ3v) is 6.16. The molecule has 2 heteroatoms.